The minimum atomic E-state index is -0.247. The minimum absolute atomic E-state index is 0.214. The number of nitrogens with zero attached hydrogens (tertiary/aromatic N) is 2. The number of rotatable bonds is 3. The number of aromatic nitrogens is 2. The largest absolute Gasteiger partial charge is 0.335 e. The number of aryl methyl sites for hydroxylation is 1. The van der Waals surface area contributed by atoms with Gasteiger partial charge in [-0.15, -0.1) is 11.3 Å². The molecule has 2 heterocycles. The van der Waals surface area contributed by atoms with Crippen LogP contribution in [0.25, 0.3) is 10.8 Å². The third-order valence-electron chi connectivity index (χ3n) is 3.39. The van der Waals surface area contributed by atoms with Crippen LogP contribution in [0.2, 0.25) is 0 Å². The standard InChI is InChI=1S/C16H15N3O2S/c1-10-17-8-12(22-10)9-19(2)16(21)14-7-11-5-3-4-6-13(11)15(20)18-14/h3-8H,9H2,1-2H3,(H,18,20). The number of pyridine rings is 1. The van der Waals surface area contributed by atoms with Gasteiger partial charge in [-0.3, -0.25) is 9.59 Å². The van der Waals surface area contributed by atoms with E-state index in [1.54, 1.807) is 47.7 Å². The van der Waals surface area contributed by atoms with Crippen LogP contribution >= 0.6 is 11.3 Å². The molecule has 22 heavy (non-hydrogen) atoms. The van der Waals surface area contributed by atoms with Crippen LogP contribution in [0.15, 0.2) is 41.3 Å². The second kappa shape index (κ2) is 5.73. The smallest absolute Gasteiger partial charge is 0.270 e. The molecule has 0 aliphatic heterocycles. The van der Waals surface area contributed by atoms with Crippen molar-refractivity contribution in [3.8, 4) is 0 Å². The third-order valence-corrected chi connectivity index (χ3v) is 4.29. The Balaban J connectivity index is 1.89. The first-order chi connectivity index (χ1) is 10.5. The van der Waals surface area contributed by atoms with Crippen molar-refractivity contribution in [3.63, 3.8) is 0 Å². The van der Waals surface area contributed by atoms with E-state index in [9.17, 15) is 9.59 Å². The van der Waals surface area contributed by atoms with E-state index in [0.717, 1.165) is 15.3 Å². The van der Waals surface area contributed by atoms with Crippen molar-refractivity contribution in [2.75, 3.05) is 7.05 Å². The molecular weight excluding hydrogens is 298 g/mol. The molecule has 0 saturated heterocycles. The Morgan fingerprint density at radius 2 is 2.14 bits per heavy atom. The lowest BCUT2D eigenvalue weighted by Crippen LogP contribution is -2.28. The van der Waals surface area contributed by atoms with Crippen LogP contribution in [-0.2, 0) is 6.54 Å². The molecule has 0 fully saturated rings. The highest BCUT2D eigenvalue weighted by molar-refractivity contribution is 7.11. The summed E-state index contributed by atoms with van der Waals surface area (Å²) < 4.78 is 0. The molecule has 5 nitrogen and oxygen atoms in total. The lowest BCUT2D eigenvalue weighted by Gasteiger charge is -2.16. The van der Waals surface area contributed by atoms with E-state index in [4.69, 9.17) is 0 Å². The van der Waals surface area contributed by atoms with E-state index in [0.29, 0.717) is 17.6 Å². The number of carbonyl (C=O) groups excluding carboxylic acids is 1. The molecular formula is C16H15N3O2S. The molecule has 0 bridgehead atoms. The second-order valence-electron chi connectivity index (χ2n) is 5.11. The molecule has 3 aromatic rings. The number of nitrogens with one attached hydrogen (secondary N) is 1. The molecule has 6 heteroatoms. The van der Waals surface area contributed by atoms with Gasteiger partial charge in [0.25, 0.3) is 11.5 Å². The van der Waals surface area contributed by atoms with Crippen LogP contribution < -0.4 is 5.56 Å². The molecule has 2 aromatic heterocycles. The van der Waals surface area contributed by atoms with Gasteiger partial charge < -0.3 is 9.88 Å². The predicted molar refractivity (Wildman–Crippen MR) is 87.2 cm³/mol. The lowest BCUT2D eigenvalue weighted by atomic mass is 10.1. The van der Waals surface area contributed by atoms with Gasteiger partial charge in [-0.05, 0) is 24.4 Å². The van der Waals surface area contributed by atoms with Gasteiger partial charge in [0.15, 0.2) is 0 Å². The zero-order valence-electron chi connectivity index (χ0n) is 12.3. The van der Waals surface area contributed by atoms with Crippen LogP contribution in [0.5, 0.6) is 0 Å². The number of amides is 1. The van der Waals surface area contributed by atoms with E-state index in [1.165, 1.54) is 0 Å². The van der Waals surface area contributed by atoms with E-state index in [1.807, 2.05) is 19.1 Å². The molecule has 1 N–H and O–H groups in total. The van der Waals surface area contributed by atoms with Crippen LogP contribution in [0, 0.1) is 6.92 Å². The number of hydrogen-bond acceptors (Lipinski definition) is 4. The van der Waals surface area contributed by atoms with Gasteiger partial charge >= 0.3 is 0 Å². The van der Waals surface area contributed by atoms with Gasteiger partial charge in [-0.2, -0.15) is 0 Å². The maximum Gasteiger partial charge on any atom is 0.270 e. The molecule has 0 radical (unpaired) electrons. The van der Waals surface area contributed by atoms with Crippen LogP contribution in [-0.4, -0.2) is 27.8 Å². The number of H-pyrrole nitrogens is 1. The summed E-state index contributed by atoms with van der Waals surface area (Å²) in [5, 5.41) is 2.31. The Labute approximate surface area is 131 Å². The van der Waals surface area contributed by atoms with Crippen molar-refractivity contribution in [2.24, 2.45) is 0 Å². The summed E-state index contributed by atoms with van der Waals surface area (Å²) in [4.78, 5) is 34.0. The number of fused-ring (bicyclic) bond motifs is 1. The highest BCUT2D eigenvalue weighted by Crippen LogP contribution is 2.15. The zero-order chi connectivity index (χ0) is 15.7. The fraction of sp³-hybridized carbons (Fsp3) is 0.188. The Morgan fingerprint density at radius 1 is 1.36 bits per heavy atom. The molecule has 0 spiro atoms. The van der Waals surface area contributed by atoms with Crippen molar-refractivity contribution < 1.29 is 4.79 Å². The minimum Gasteiger partial charge on any atom is -0.335 e. The molecule has 0 aliphatic carbocycles. The molecule has 1 amide bonds. The first-order valence-corrected chi connectivity index (χ1v) is 7.65. The van der Waals surface area contributed by atoms with Crippen LogP contribution in [0.1, 0.15) is 20.4 Å². The average Bonchev–Trinajstić information content (AvgIpc) is 2.91. The fourth-order valence-electron chi connectivity index (χ4n) is 2.32. The number of aromatic amines is 1. The summed E-state index contributed by atoms with van der Waals surface area (Å²) in [5.74, 6) is -0.214. The van der Waals surface area contributed by atoms with E-state index in [-0.39, 0.29) is 11.5 Å². The van der Waals surface area contributed by atoms with Gasteiger partial charge in [0.2, 0.25) is 0 Å². The monoisotopic (exact) mass is 313 g/mol. The average molecular weight is 313 g/mol. The van der Waals surface area contributed by atoms with Gasteiger partial charge in [0, 0.05) is 23.5 Å². The highest BCUT2D eigenvalue weighted by atomic mass is 32.1. The maximum atomic E-state index is 12.5. The zero-order valence-corrected chi connectivity index (χ0v) is 13.1. The van der Waals surface area contributed by atoms with Gasteiger partial charge in [0.05, 0.1) is 11.6 Å². The van der Waals surface area contributed by atoms with Crippen molar-refractivity contribution in [3.05, 3.63) is 62.5 Å². The summed E-state index contributed by atoms with van der Waals surface area (Å²) in [5.41, 5.74) is 0.0518. The van der Waals surface area contributed by atoms with Gasteiger partial charge in [-0.25, -0.2) is 4.98 Å². The lowest BCUT2D eigenvalue weighted by molar-refractivity contribution is 0.0780. The molecule has 0 saturated carbocycles. The van der Waals surface area contributed by atoms with Gasteiger partial charge in [0.1, 0.15) is 5.69 Å². The topological polar surface area (TPSA) is 66.1 Å². The van der Waals surface area contributed by atoms with Crippen molar-refractivity contribution in [1.82, 2.24) is 14.9 Å². The van der Waals surface area contributed by atoms with E-state index in [2.05, 4.69) is 9.97 Å². The summed E-state index contributed by atoms with van der Waals surface area (Å²) in [6.07, 6.45) is 1.77. The first-order valence-electron chi connectivity index (χ1n) is 6.83. The normalized spacial score (nSPS) is 10.8. The number of benzene rings is 1. The number of thiazole rings is 1. The van der Waals surface area contributed by atoms with Crippen LogP contribution in [0.4, 0.5) is 0 Å². The quantitative estimate of drug-likeness (QED) is 0.808. The van der Waals surface area contributed by atoms with Crippen molar-refractivity contribution in [1.29, 1.82) is 0 Å². The molecule has 0 unspecified atom stereocenters. The first kappa shape index (κ1) is 14.5. The summed E-state index contributed by atoms with van der Waals surface area (Å²) in [6.45, 7) is 2.40. The molecule has 0 aliphatic rings. The number of carbonyl (C=O) groups is 1. The molecule has 0 atom stereocenters. The summed E-state index contributed by atoms with van der Waals surface area (Å²) in [6, 6.07) is 8.94. The third kappa shape index (κ3) is 2.78. The SMILES string of the molecule is Cc1ncc(CN(C)C(=O)c2cc3ccccc3c(=O)[nH]2)s1. The number of hydrogen-bond donors (Lipinski definition) is 1. The Hall–Kier alpha value is -2.47. The van der Waals surface area contributed by atoms with Gasteiger partial charge in [-0.1, -0.05) is 18.2 Å². The summed E-state index contributed by atoms with van der Waals surface area (Å²) >= 11 is 1.56. The van der Waals surface area contributed by atoms with E-state index < -0.39 is 0 Å². The Bertz CT molecular complexity index is 898. The fourth-order valence-corrected chi connectivity index (χ4v) is 3.16. The maximum absolute atomic E-state index is 12.5. The Kier molecular flexibility index (Phi) is 3.77. The molecule has 112 valence electrons. The Morgan fingerprint density at radius 3 is 2.86 bits per heavy atom. The van der Waals surface area contributed by atoms with Crippen molar-refractivity contribution >= 4 is 28.0 Å². The molecule has 3 rings (SSSR count). The predicted octanol–water partition coefficient (Wildman–Crippen LogP) is 2.57. The highest BCUT2D eigenvalue weighted by Gasteiger charge is 2.15. The molecule has 1 aromatic carbocycles. The van der Waals surface area contributed by atoms with E-state index >= 15 is 0 Å². The van der Waals surface area contributed by atoms with Crippen molar-refractivity contribution in [2.45, 2.75) is 13.5 Å². The van der Waals surface area contributed by atoms with Crippen LogP contribution in [0.3, 0.4) is 0 Å². The second-order valence-corrected chi connectivity index (χ2v) is 6.43. The summed E-state index contributed by atoms with van der Waals surface area (Å²) in [7, 11) is 1.71.